The maximum Gasteiger partial charge on any atom is 0.232 e. The van der Waals surface area contributed by atoms with Gasteiger partial charge in [-0.25, -0.2) is 8.42 Å². The van der Waals surface area contributed by atoms with E-state index in [1.165, 1.54) is 12.1 Å². The Morgan fingerprint density at radius 1 is 0.935 bits per heavy atom. The zero-order valence-corrected chi connectivity index (χ0v) is 20.0. The van der Waals surface area contributed by atoms with Crippen molar-refractivity contribution in [1.29, 1.82) is 5.41 Å². The second-order valence-corrected chi connectivity index (χ2v) is 9.41. The van der Waals surface area contributed by atoms with Crippen LogP contribution in [0.2, 0.25) is 0 Å². The van der Waals surface area contributed by atoms with Crippen LogP contribution in [-0.2, 0) is 14.8 Å². The molecule has 4 N–H and O–H groups in total. The molecule has 176 valence electrons. The highest BCUT2D eigenvalue weighted by atomic mass is 35.5. The van der Waals surface area contributed by atoms with Crippen molar-refractivity contribution >= 4 is 45.5 Å². The number of nitrogens with one attached hydrogen (secondary N) is 2. The minimum atomic E-state index is -3.59. The van der Waals surface area contributed by atoms with Crippen LogP contribution >= 0.6 is 12.4 Å². The van der Waals surface area contributed by atoms with Crippen LogP contribution in [0.3, 0.4) is 0 Å². The Morgan fingerprint density at radius 2 is 1.52 bits per heavy atom. The van der Waals surface area contributed by atoms with Gasteiger partial charge in [0, 0.05) is 18.4 Å². The molecule has 31 heavy (non-hydrogen) atoms. The van der Waals surface area contributed by atoms with Crippen LogP contribution in [0.4, 0.5) is 5.69 Å². The Labute approximate surface area is 192 Å². The van der Waals surface area contributed by atoms with E-state index in [0.717, 1.165) is 32.1 Å². The number of anilines is 1. The van der Waals surface area contributed by atoms with Gasteiger partial charge in [-0.2, -0.15) is 0 Å². The van der Waals surface area contributed by atoms with Gasteiger partial charge in [0.05, 0.1) is 17.3 Å². The van der Waals surface area contributed by atoms with Gasteiger partial charge in [0.25, 0.3) is 0 Å². The zero-order chi connectivity index (χ0) is 22.4. The van der Waals surface area contributed by atoms with Crippen LogP contribution in [0.15, 0.2) is 24.3 Å². The molecule has 0 unspecified atom stereocenters. The number of hydrogen-bond donors (Lipinski definition) is 3. The lowest BCUT2D eigenvalue weighted by Crippen LogP contribution is -2.21. The summed E-state index contributed by atoms with van der Waals surface area (Å²) < 4.78 is 27.3. The Balaban J connectivity index is 0.00000900. The molecule has 0 spiro atoms. The molecule has 0 aliphatic rings. The molecule has 7 nitrogen and oxygen atoms in total. The van der Waals surface area contributed by atoms with Gasteiger partial charge < -0.3 is 5.73 Å². The average Bonchev–Trinajstić information content (AvgIpc) is 2.69. The lowest BCUT2D eigenvalue weighted by molar-refractivity contribution is -0.115. The molecule has 0 bridgehead atoms. The van der Waals surface area contributed by atoms with Crippen LogP contribution < -0.4 is 10.5 Å². The van der Waals surface area contributed by atoms with Crippen LogP contribution in [0, 0.1) is 5.41 Å². The Morgan fingerprint density at radius 3 is 2.19 bits per heavy atom. The molecule has 0 atom stereocenters. The number of carbonyl (C=O) groups is 2. The summed E-state index contributed by atoms with van der Waals surface area (Å²) in [6, 6.07) is 6.22. The predicted octanol–water partition coefficient (Wildman–Crippen LogP) is 4.85. The van der Waals surface area contributed by atoms with E-state index >= 15 is 0 Å². The summed E-state index contributed by atoms with van der Waals surface area (Å²) in [4.78, 5) is 24.8. The van der Waals surface area contributed by atoms with Crippen molar-refractivity contribution in [1.82, 2.24) is 0 Å². The van der Waals surface area contributed by atoms with E-state index in [0.29, 0.717) is 32.1 Å². The first kappa shape index (κ1) is 29.1. The number of benzene rings is 1. The monoisotopic (exact) mass is 473 g/mol. The number of unbranched alkanes of at least 4 members (excludes halogenated alkanes) is 7. The number of hydrogen-bond acceptors (Lipinski definition) is 5. The van der Waals surface area contributed by atoms with E-state index in [1.807, 2.05) is 0 Å². The summed E-state index contributed by atoms with van der Waals surface area (Å²) in [6.07, 6.45) is 8.34. The summed E-state index contributed by atoms with van der Waals surface area (Å²) in [5.41, 5.74) is 5.52. The van der Waals surface area contributed by atoms with E-state index in [4.69, 9.17) is 11.1 Å². The predicted molar refractivity (Wildman–Crippen MR) is 129 cm³/mol. The summed E-state index contributed by atoms with van der Waals surface area (Å²) in [5.74, 6) is -1.12. The van der Waals surface area contributed by atoms with Gasteiger partial charge in [-0.1, -0.05) is 57.6 Å². The third-order valence-corrected chi connectivity index (χ3v) is 6.16. The largest absolute Gasteiger partial charge is 0.388 e. The third kappa shape index (κ3) is 12.5. The first-order chi connectivity index (χ1) is 14.3. The van der Waals surface area contributed by atoms with Gasteiger partial charge in [0.1, 0.15) is 0 Å². The van der Waals surface area contributed by atoms with Crippen LogP contribution in [0.5, 0.6) is 0 Å². The van der Waals surface area contributed by atoms with Gasteiger partial charge in [-0.3, -0.25) is 19.7 Å². The van der Waals surface area contributed by atoms with Crippen LogP contribution in [0.25, 0.3) is 0 Å². The third-order valence-electron chi connectivity index (χ3n) is 4.81. The van der Waals surface area contributed by atoms with E-state index in [-0.39, 0.29) is 41.7 Å². The normalized spacial score (nSPS) is 10.9. The number of carbonyl (C=O) groups excluding carboxylic acids is 2. The molecule has 0 aliphatic heterocycles. The number of nitrogens with two attached hydrogens (primary N) is 1. The second kappa shape index (κ2) is 15.8. The van der Waals surface area contributed by atoms with Crippen molar-refractivity contribution in [2.24, 2.45) is 5.73 Å². The number of Topliss-reactive ketones (excluding diaryl/α,β-unsaturated/α-hetero) is 2. The maximum absolute atomic E-state index is 12.5. The van der Waals surface area contributed by atoms with E-state index in [9.17, 15) is 18.0 Å². The lowest BCUT2D eigenvalue weighted by atomic mass is 10.0. The molecule has 0 heterocycles. The van der Waals surface area contributed by atoms with Gasteiger partial charge >= 0.3 is 0 Å². The number of para-hydroxylation sites is 1. The summed E-state index contributed by atoms with van der Waals surface area (Å²) >= 11 is 0. The summed E-state index contributed by atoms with van der Waals surface area (Å²) in [5, 5.41) is 7.17. The van der Waals surface area contributed by atoms with E-state index in [2.05, 4.69) is 11.6 Å². The highest BCUT2D eigenvalue weighted by molar-refractivity contribution is 7.92. The zero-order valence-electron chi connectivity index (χ0n) is 18.3. The number of ketones is 2. The number of rotatable bonds is 17. The highest BCUT2D eigenvalue weighted by Gasteiger charge is 2.21. The molecular weight excluding hydrogens is 438 g/mol. The van der Waals surface area contributed by atoms with Gasteiger partial charge in [-0.15, -0.1) is 12.4 Å². The topological polar surface area (TPSA) is 130 Å². The molecule has 0 fully saturated rings. The minimum Gasteiger partial charge on any atom is -0.388 e. The average molecular weight is 474 g/mol. The molecule has 1 aromatic rings. The van der Waals surface area contributed by atoms with Crippen molar-refractivity contribution in [2.75, 3.05) is 10.5 Å². The molecule has 9 heteroatoms. The quantitative estimate of drug-likeness (QED) is 0.0978. The van der Waals surface area contributed by atoms with Crippen molar-refractivity contribution in [2.45, 2.75) is 77.6 Å². The summed E-state index contributed by atoms with van der Waals surface area (Å²) in [7, 11) is -3.59. The smallest absolute Gasteiger partial charge is 0.232 e. The number of amidine groups is 1. The van der Waals surface area contributed by atoms with Crippen molar-refractivity contribution in [3.05, 3.63) is 29.8 Å². The van der Waals surface area contributed by atoms with E-state index in [1.54, 1.807) is 12.1 Å². The highest BCUT2D eigenvalue weighted by Crippen LogP contribution is 2.19. The van der Waals surface area contributed by atoms with Gasteiger partial charge in [0.2, 0.25) is 21.6 Å². The Bertz CT molecular complexity index is 813. The molecule has 0 saturated carbocycles. The standard InChI is InChI=1S/C22H35N3O4S.ClH/c1-2-3-4-5-6-12-17-30(28,29)25-19-14-11-10-13-18(19)22(27)20(26)15-8-7-9-16-21(23)24;/h10-11,13-14,25H,2-9,12,15-17H2,1H3,(H3,23,24);1H. The first-order valence-electron chi connectivity index (χ1n) is 10.8. The molecule has 0 aliphatic carbocycles. The second-order valence-electron chi connectivity index (χ2n) is 7.57. The molecule has 1 rings (SSSR count). The van der Waals surface area contributed by atoms with Gasteiger partial charge in [-0.05, 0) is 31.4 Å². The Kier molecular flexibility index (Phi) is 14.8. The van der Waals surface area contributed by atoms with Crippen molar-refractivity contribution in [3.63, 3.8) is 0 Å². The van der Waals surface area contributed by atoms with Gasteiger partial charge in [0.15, 0.2) is 0 Å². The minimum absolute atomic E-state index is 0. The van der Waals surface area contributed by atoms with E-state index < -0.39 is 21.6 Å². The first-order valence-corrected chi connectivity index (χ1v) is 12.4. The maximum atomic E-state index is 12.5. The SMILES string of the molecule is CCCCCCCCS(=O)(=O)Nc1ccccc1C(=O)C(=O)CCCCCC(=N)N.Cl. The number of halogens is 1. The number of sulfonamides is 1. The summed E-state index contributed by atoms with van der Waals surface area (Å²) in [6.45, 7) is 2.13. The van der Waals surface area contributed by atoms with Crippen LogP contribution in [-0.4, -0.2) is 31.6 Å². The van der Waals surface area contributed by atoms with Crippen molar-refractivity contribution < 1.29 is 18.0 Å². The molecule has 0 amide bonds. The lowest BCUT2D eigenvalue weighted by Gasteiger charge is -2.12. The molecule has 1 aromatic carbocycles. The molecule has 0 aromatic heterocycles. The van der Waals surface area contributed by atoms with Crippen molar-refractivity contribution in [3.8, 4) is 0 Å². The molecular formula is C22H36ClN3O4S. The Hall–Kier alpha value is -1.93. The molecule has 0 saturated heterocycles. The fourth-order valence-electron chi connectivity index (χ4n) is 3.10. The fraction of sp³-hybridized carbons (Fsp3) is 0.591. The fourth-order valence-corrected chi connectivity index (χ4v) is 4.30. The molecule has 0 radical (unpaired) electrons. The van der Waals surface area contributed by atoms with Crippen LogP contribution in [0.1, 0.15) is 87.9 Å².